The third kappa shape index (κ3) is 1.52. The van der Waals surface area contributed by atoms with Crippen molar-refractivity contribution >= 4 is 6.08 Å². The van der Waals surface area contributed by atoms with E-state index in [9.17, 15) is 0 Å². The van der Waals surface area contributed by atoms with Crippen molar-refractivity contribution in [2.75, 3.05) is 0 Å². The molecule has 3 heteroatoms. The first-order valence-corrected chi connectivity index (χ1v) is 6.13. The molecule has 3 aromatic rings. The van der Waals surface area contributed by atoms with Crippen molar-refractivity contribution in [1.82, 2.24) is 15.4 Å². The summed E-state index contributed by atoms with van der Waals surface area (Å²) < 4.78 is 0. The van der Waals surface area contributed by atoms with E-state index in [2.05, 4.69) is 33.6 Å². The van der Waals surface area contributed by atoms with Crippen molar-refractivity contribution in [1.29, 1.82) is 0 Å². The van der Waals surface area contributed by atoms with E-state index in [0.717, 1.165) is 33.6 Å². The number of H-pyrrole nitrogens is 1. The smallest absolute Gasteiger partial charge is 0.121 e. The zero-order valence-electron chi connectivity index (χ0n) is 10.1. The van der Waals surface area contributed by atoms with E-state index in [0.29, 0.717) is 0 Å². The van der Waals surface area contributed by atoms with E-state index in [-0.39, 0.29) is 0 Å². The Kier molecular flexibility index (Phi) is 2.12. The number of aromatic nitrogens is 3. The molecule has 0 bridgehead atoms. The van der Waals surface area contributed by atoms with Crippen LogP contribution in [0.3, 0.4) is 0 Å². The summed E-state index contributed by atoms with van der Waals surface area (Å²) in [7, 11) is 0. The van der Waals surface area contributed by atoms with Gasteiger partial charge in [0.15, 0.2) is 0 Å². The van der Waals surface area contributed by atoms with E-state index in [1.807, 2.05) is 42.5 Å². The molecule has 0 saturated carbocycles. The third-order valence-electron chi connectivity index (χ3n) is 3.34. The van der Waals surface area contributed by atoms with Gasteiger partial charge in [0.2, 0.25) is 0 Å². The highest BCUT2D eigenvalue weighted by atomic mass is 15.3. The molecule has 1 aliphatic rings. The van der Waals surface area contributed by atoms with Gasteiger partial charge in [-0.05, 0) is 23.3 Å². The minimum atomic E-state index is 0.878. The maximum absolute atomic E-state index is 4.24. The van der Waals surface area contributed by atoms with Crippen LogP contribution in [-0.2, 0) is 0 Å². The van der Waals surface area contributed by atoms with E-state index >= 15 is 0 Å². The summed E-state index contributed by atoms with van der Waals surface area (Å²) in [5.74, 6) is 0. The fourth-order valence-electron chi connectivity index (χ4n) is 2.43. The predicted octanol–water partition coefficient (Wildman–Crippen LogP) is 3.32. The number of rotatable bonds is 0. The van der Waals surface area contributed by atoms with E-state index in [4.69, 9.17) is 0 Å². The minimum Gasteiger partial charge on any atom is -0.257 e. The normalized spacial score (nSPS) is 13.7. The van der Waals surface area contributed by atoms with Crippen LogP contribution in [0.15, 0.2) is 48.5 Å². The second-order valence-corrected chi connectivity index (χ2v) is 4.46. The van der Waals surface area contributed by atoms with Crippen LogP contribution in [0.25, 0.3) is 28.6 Å². The second kappa shape index (κ2) is 3.92. The molecule has 2 aromatic carbocycles. The average molecular weight is 244 g/mol. The van der Waals surface area contributed by atoms with E-state index in [1.165, 1.54) is 0 Å². The van der Waals surface area contributed by atoms with Gasteiger partial charge in [-0.15, -0.1) is 5.10 Å². The van der Waals surface area contributed by atoms with Crippen LogP contribution in [0.5, 0.6) is 0 Å². The Morgan fingerprint density at radius 1 is 0.895 bits per heavy atom. The monoisotopic (exact) mass is 244 g/mol. The Bertz CT molecular complexity index is 720. The standard InChI is InChI=1S/C16H10N3/c1-3-7-13-11(5-1)9-10-12-6-2-4-8-14(12)16-15(13)17-19-18-16/h1-9H,(H,17,18,19). The summed E-state index contributed by atoms with van der Waals surface area (Å²) in [6.45, 7) is 0. The van der Waals surface area contributed by atoms with Gasteiger partial charge in [-0.2, -0.15) is 0 Å². The highest BCUT2D eigenvalue weighted by Crippen LogP contribution is 2.34. The van der Waals surface area contributed by atoms with Gasteiger partial charge in [-0.1, -0.05) is 53.7 Å². The molecule has 3 nitrogen and oxygen atoms in total. The Balaban J connectivity index is 2.11. The average Bonchev–Trinajstić information content (AvgIpc) is 2.92. The highest BCUT2D eigenvalue weighted by molar-refractivity contribution is 5.86. The van der Waals surface area contributed by atoms with Gasteiger partial charge in [0, 0.05) is 11.1 Å². The van der Waals surface area contributed by atoms with Crippen molar-refractivity contribution in [2.24, 2.45) is 0 Å². The number of fused-ring (bicyclic) bond motifs is 5. The largest absolute Gasteiger partial charge is 0.257 e. The molecular formula is C16H10N3. The molecule has 4 rings (SSSR count). The summed E-state index contributed by atoms with van der Waals surface area (Å²) in [4.78, 5) is 0. The molecule has 0 unspecified atom stereocenters. The molecule has 19 heavy (non-hydrogen) atoms. The SMILES string of the molecule is [C]1=C\c2ccccc2-c2[nH]nnc2-c2ccccc2/1. The lowest BCUT2D eigenvalue weighted by Crippen LogP contribution is -1.92. The van der Waals surface area contributed by atoms with Crippen LogP contribution in [0.4, 0.5) is 0 Å². The van der Waals surface area contributed by atoms with Crippen molar-refractivity contribution in [2.45, 2.75) is 0 Å². The van der Waals surface area contributed by atoms with E-state index in [1.54, 1.807) is 0 Å². The first-order valence-electron chi connectivity index (χ1n) is 6.13. The van der Waals surface area contributed by atoms with Gasteiger partial charge >= 0.3 is 0 Å². The van der Waals surface area contributed by atoms with Crippen molar-refractivity contribution < 1.29 is 0 Å². The molecule has 0 amide bonds. The molecular weight excluding hydrogens is 234 g/mol. The van der Waals surface area contributed by atoms with Crippen LogP contribution in [0.2, 0.25) is 0 Å². The topological polar surface area (TPSA) is 41.6 Å². The number of aromatic amines is 1. The molecule has 1 aromatic heterocycles. The summed E-state index contributed by atoms with van der Waals surface area (Å²) in [5.41, 5.74) is 6.14. The van der Waals surface area contributed by atoms with Crippen LogP contribution >= 0.6 is 0 Å². The van der Waals surface area contributed by atoms with Crippen LogP contribution < -0.4 is 0 Å². The molecule has 0 aliphatic heterocycles. The fourth-order valence-corrected chi connectivity index (χ4v) is 2.43. The number of nitrogens with one attached hydrogen (secondary N) is 1. The Hall–Kier alpha value is -2.68. The maximum Gasteiger partial charge on any atom is 0.121 e. The summed E-state index contributed by atoms with van der Waals surface area (Å²) in [6.07, 6.45) is 5.36. The molecule has 1 radical (unpaired) electrons. The zero-order chi connectivity index (χ0) is 12.7. The zero-order valence-corrected chi connectivity index (χ0v) is 10.1. The molecule has 0 saturated heterocycles. The molecule has 1 N–H and O–H groups in total. The van der Waals surface area contributed by atoms with Crippen molar-refractivity contribution in [3.05, 3.63) is 65.7 Å². The summed E-state index contributed by atoms with van der Waals surface area (Å²) in [6, 6.07) is 16.3. The molecule has 0 atom stereocenters. The molecule has 0 spiro atoms. The van der Waals surface area contributed by atoms with Gasteiger partial charge in [0.05, 0.1) is 5.69 Å². The number of hydrogen-bond donors (Lipinski definition) is 1. The third-order valence-corrected chi connectivity index (χ3v) is 3.34. The van der Waals surface area contributed by atoms with Gasteiger partial charge in [0.25, 0.3) is 0 Å². The summed E-state index contributed by atoms with van der Waals surface area (Å²) in [5, 5.41) is 11.2. The number of nitrogens with zero attached hydrogens (tertiary/aromatic N) is 2. The lowest BCUT2D eigenvalue weighted by molar-refractivity contribution is 0.944. The van der Waals surface area contributed by atoms with Crippen LogP contribution in [0.1, 0.15) is 11.1 Å². The highest BCUT2D eigenvalue weighted by Gasteiger charge is 2.17. The fraction of sp³-hybridized carbons (Fsp3) is 0. The quantitative estimate of drug-likeness (QED) is 0.515. The lowest BCUT2D eigenvalue weighted by Gasteiger charge is -2.10. The van der Waals surface area contributed by atoms with Crippen molar-refractivity contribution in [3.8, 4) is 22.5 Å². The Morgan fingerprint density at radius 2 is 1.68 bits per heavy atom. The van der Waals surface area contributed by atoms with Gasteiger partial charge in [-0.25, -0.2) is 0 Å². The number of hydrogen-bond acceptors (Lipinski definition) is 2. The van der Waals surface area contributed by atoms with Crippen LogP contribution in [-0.4, -0.2) is 15.4 Å². The predicted molar refractivity (Wildman–Crippen MR) is 74.1 cm³/mol. The molecule has 1 heterocycles. The number of benzene rings is 2. The first kappa shape index (κ1) is 10.3. The maximum atomic E-state index is 4.24. The lowest BCUT2D eigenvalue weighted by atomic mass is 9.94. The summed E-state index contributed by atoms with van der Waals surface area (Å²) >= 11 is 0. The molecule has 1 aliphatic carbocycles. The van der Waals surface area contributed by atoms with Crippen molar-refractivity contribution in [3.63, 3.8) is 0 Å². The van der Waals surface area contributed by atoms with E-state index < -0.39 is 0 Å². The molecule has 89 valence electrons. The Labute approximate surface area is 110 Å². The van der Waals surface area contributed by atoms with Crippen LogP contribution in [0, 0.1) is 6.08 Å². The van der Waals surface area contributed by atoms with Gasteiger partial charge < -0.3 is 0 Å². The first-order chi connectivity index (χ1) is 9.43. The minimum absolute atomic E-state index is 0.878. The second-order valence-electron chi connectivity index (χ2n) is 4.46. The van der Waals surface area contributed by atoms with Gasteiger partial charge in [-0.3, -0.25) is 5.10 Å². The Morgan fingerprint density at radius 3 is 2.63 bits per heavy atom. The molecule has 0 fully saturated rings. The van der Waals surface area contributed by atoms with Gasteiger partial charge in [0.1, 0.15) is 5.69 Å².